The molecule has 1 aromatic rings. The molecule has 8 heavy (non-hydrogen) atoms. The fraction of sp³-hybridized carbons (Fsp3) is 0. The molecular weight excluding hydrogens is 146 g/mol. The second kappa shape index (κ2) is 2.34. The van der Waals surface area contributed by atoms with Crippen molar-refractivity contribution in [2.24, 2.45) is 0 Å². The smallest absolute Gasteiger partial charge is 0.0557 e. The molecule has 5 heteroatoms. The molecule has 0 aliphatic carbocycles. The SMILES string of the molecule is O=S([O-])c1cnsc1. The molecule has 1 aromatic heterocycles. The topological polar surface area (TPSA) is 53.0 Å². The molecule has 1 heterocycles. The van der Waals surface area contributed by atoms with Crippen LogP contribution in [0.3, 0.4) is 0 Å². The zero-order chi connectivity index (χ0) is 5.98. The van der Waals surface area contributed by atoms with Gasteiger partial charge < -0.3 is 4.55 Å². The van der Waals surface area contributed by atoms with E-state index in [1.54, 1.807) is 0 Å². The molecule has 0 amide bonds. The third-order valence-electron chi connectivity index (χ3n) is 0.602. The number of hydrogen-bond acceptors (Lipinski definition) is 4. The molecule has 0 aromatic carbocycles. The van der Waals surface area contributed by atoms with Crippen molar-refractivity contribution in [1.29, 1.82) is 0 Å². The first-order chi connectivity index (χ1) is 3.80. The van der Waals surface area contributed by atoms with E-state index < -0.39 is 11.1 Å². The molecule has 0 aliphatic heterocycles. The molecule has 1 unspecified atom stereocenters. The summed E-state index contributed by atoms with van der Waals surface area (Å²) >= 11 is -0.975. The normalized spacial score (nSPS) is 13.6. The second-order valence-electron chi connectivity index (χ2n) is 1.09. The summed E-state index contributed by atoms with van der Waals surface area (Å²) in [6.45, 7) is 0. The number of rotatable bonds is 1. The van der Waals surface area contributed by atoms with Gasteiger partial charge in [-0.25, -0.2) is 0 Å². The Hall–Kier alpha value is -0.260. The first-order valence-corrected chi connectivity index (χ1v) is 3.70. The first-order valence-electron chi connectivity index (χ1n) is 1.79. The molecule has 3 nitrogen and oxygen atoms in total. The summed E-state index contributed by atoms with van der Waals surface area (Å²) in [5, 5.41) is 1.48. The quantitative estimate of drug-likeness (QED) is 0.541. The first kappa shape index (κ1) is 5.87. The Kier molecular flexibility index (Phi) is 1.72. The van der Waals surface area contributed by atoms with Gasteiger partial charge in [0.15, 0.2) is 0 Å². The molecule has 0 bridgehead atoms. The van der Waals surface area contributed by atoms with E-state index in [0.29, 0.717) is 0 Å². The van der Waals surface area contributed by atoms with E-state index in [1.807, 2.05) is 0 Å². The van der Waals surface area contributed by atoms with Crippen molar-refractivity contribution in [3.63, 3.8) is 0 Å². The minimum absolute atomic E-state index is 0.259. The van der Waals surface area contributed by atoms with Crippen LogP contribution in [0.1, 0.15) is 0 Å². The van der Waals surface area contributed by atoms with Gasteiger partial charge in [-0.05, 0) is 22.6 Å². The molecule has 0 spiro atoms. The van der Waals surface area contributed by atoms with Crippen LogP contribution in [0.2, 0.25) is 0 Å². The van der Waals surface area contributed by atoms with Gasteiger partial charge in [0.1, 0.15) is 0 Å². The molecule has 1 atom stereocenters. The lowest BCUT2D eigenvalue weighted by Gasteiger charge is -1.96. The van der Waals surface area contributed by atoms with Crippen LogP contribution in [-0.2, 0) is 11.1 Å². The molecule has 44 valence electrons. The van der Waals surface area contributed by atoms with E-state index in [0.717, 1.165) is 11.5 Å². The minimum atomic E-state index is -2.10. The lowest BCUT2D eigenvalue weighted by Crippen LogP contribution is -1.82. The van der Waals surface area contributed by atoms with Gasteiger partial charge >= 0.3 is 0 Å². The van der Waals surface area contributed by atoms with Gasteiger partial charge in [-0.15, -0.1) is 0 Å². The summed E-state index contributed by atoms with van der Waals surface area (Å²) in [6, 6.07) is 0. The predicted molar refractivity (Wildman–Crippen MR) is 29.3 cm³/mol. The molecule has 0 N–H and O–H groups in total. The van der Waals surface area contributed by atoms with Crippen molar-refractivity contribution in [3.8, 4) is 0 Å². The zero-order valence-electron chi connectivity index (χ0n) is 3.73. The van der Waals surface area contributed by atoms with Crippen LogP contribution in [0.25, 0.3) is 0 Å². The monoisotopic (exact) mass is 148 g/mol. The van der Waals surface area contributed by atoms with E-state index in [4.69, 9.17) is 0 Å². The van der Waals surface area contributed by atoms with Crippen LogP contribution in [0.15, 0.2) is 16.5 Å². The van der Waals surface area contributed by atoms with Crippen LogP contribution in [0.4, 0.5) is 0 Å². The minimum Gasteiger partial charge on any atom is -0.768 e. The molecule has 0 aliphatic rings. The van der Waals surface area contributed by atoms with Gasteiger partial charge in [0, 0.05) is 5.38 Å². The van der Waals surface area contributed by atoms with Crippen LogP contribution in [-0.4, -0.2) is 13.1 Å². The lowest BCUT2D eigenvalue weighted by molar-refractivity contribution is 0.537. The highest BCUT2D eigenvalue weighted by Gasteiger charge is 1.88. The Labute approximate surface area is 52.8 Å². The van der Waals surface area contributed by atoms with Crippen LogP contribution in [0.5, 0.6) is 0 Å². The average molecular weight is 148 g/mol. The molecule has 0 fully saturated rings. The van der Waals surface area contributed by atoms with Crippen molar-refractivity contribution < 1.29 is 8.76 Å². The van der Waals surface area contributed by atoms with Gasteiger partial charge in [-0.3, -0.25) is 4.21 Å². The van der Waals surface area contributed by atoms with E-state index in [9.17, 15) is 8.76 Å². The third-order valence-corrected chi connectivity index (χ3v) is 1.95. The number of aromatic nitrogens is 1. The number of nitrogens with zero attached hydrogens (tertiary/aromatic N) is 1. The van der Waals surface area contributed by atoms with E-state index in [2.05, 4.69) is 4.37 Å². The van der Waals surface area contributed by atoms with E-state index in [1.165, 1.54) is 11.6 Å². The third kappa shape index (κ3) is 1.12. The van der Waals surface area contributed by atoms with E-state index in [-0.39, 0.29) is 4.90 Å². The molecule has 1 rings (SSSR count). The van der Waals surface area contributed by atoms with Crippen molar-refractivity contribution in [3.05, 3.63) is 11.6 Å². The van der Waals surface area contributed by atoms with E-state index >= 15 is 0 Å². The average Bonchev–Trinajstić information content (AvgIpc) is 2.12. The van der Waals surface area contributed by atoms with Crippen LogP contribution >= 0.6 is 11.5 Å². The Morgan fingerprint density at radius 1 is 1.88 bits per heavy atom. The Morgan fingerprint density at radius 3 is 2.88 bits per heavy atom. The van der Waals surface area contributed by atoms with Crippen molar-refractivity contribution in [1.82, 2.24) is 4.37 Å². The Balaban J connectivity index is 2.93. The summed E-state index contributed by atoms with van der Waals surface area (Å²) in [6.07, 6.45) is 1.31. The van der Waals surface area contributed by atoms with Crippen LogP contribution < -0.4 is 0 Å². The fourth-order valence-electron chi connectivity index (χ4n) is 0.277. The lowest BCUT2D eigenvalue weighted by atomic mass is 10.8. The Bertz CT molecular complexity index is 183. The van der Waals surface area contributed by atoms with Gasteiger partial charge in [0.25, 0.3) is 0 Å². The maximum atomic E-state index is 10.0. The van der Waals surface area contributed by atoms with Gasteiger partial charge in [-0.2, -0.15) is 4.37 Å². The van der Waals surface area contributed by atoms with Gasteiger partial charge in [0.2, 0.25) is 0 Å². The zero-order valence-corrected chi connectivity index (χ0v) is 5.37. The fourth-order valence-corrected chi connectivity index (χ4v) is 1.33. The highest BCUT2D eigenvalue weighted by molar-refractivity contribution is 7.79. The predicted octanol–water partition coefficient (Wildman–Crippen LogP) is 0.381. The molecular formula is C3H2NO2S2-. The summed E-state index contributed by atoms with van der Waals surface area (Å²) in [7, 11) is 0. The largest absolute Gasteiger partial charge is 0.768 e. The maximum absolute atomic E-state index is 10.0. The van der Waals surface area contributed by atoms with Crippen molar-refractivity contribution in [2.75, 3.05) is 0 Å². The standard InChI is InChI=1S/C3H3NO2S2/c5-8(6)3-1-4-7-2-3/h1-2H,(H,5,6)/p-1. The Morgan fingerprint density at radius 2 is 2.62 bits per heavy atom. The van der Waals surface area contributed by atoms with Gasteiger partial charge in [-0.1, -0.05) is 0 Å². The summed E-state index contributed by atoms with van der Waals surface area (Å²) in [5.74, 6) is 0. The second-order valence-corrected chi connectivity index (χ2v) is 2.69. The number of hydrogen-bond donors (Lipinski definition) is 0. The van der Waals surface area contributed by atoms with Gasteiger partial charge in [0.05, 0.1) is 11.1 Å². The highest BCUT2D eigenvalue weighted by atomic mass is 32.2. The molecule has 0 saturated carbocycles. The van der Waals surface area contributed by atoms with Crippen molar-refractivity contribution in [2.45, 2.75) is 4.90 Å². The van der Waals surface area contributed by atoms with Crippen molar-refractivity contribution >= 4 is 22.6 Å². The summed E-state index contributed by atoms with van der Waals surface area (Å²) in [5.41, 5.74) is 0. The maximum Gasteiger partial charge on any atom is 0.0557 e. The highest BCUT2D eigenvalue weighted by Crippen LogP contribution is 2.03. The molecule has 0 saturated heterocycles. The molecule has 0 radical (unpaired) electrons. The summed E-state index contributed by atoms with van der Waals surface area (Å²) < 4.78 is 23.6. The summed E-state index contributed by atoms with van der Waals surface area (Å²) in [4.78, 5) is 0.259. The van der Waals surface area contributed by atoms with Crippen LogP contribution in [0, 0.1) is 0 Å².